The molecule has 1 rings (SSSR count). The topological polar surface area (TPSA) is 38.7 Å². The van der Waals surface area contributed by atoms with Gasteiger partial charge in [0, 0.05) is 12.7 Å². The van der Waals surface area contributed by atoms with Crippen LogP contribution in [0.3, 0.4) is 0 Å². The Morgan fingerprint density at radius 2 is 2.64 bits per heavy atom. The number of carbonyl (C=O) groups excluding carboxylic acids is 1. The number of hydrogen-bond acceptors (Lipinski definition) is 4. The molecule has 1 unspecified atom stereocenters. The molecule has 1 aliphatic rings. The molecule has 11 heavy (non-hydrogen) atoms. The maximum absolute atomic E-state index is 10.5. The molecule has 1 aliphatic heterocycles. The van der Waals surface area contributed by atoms with Gasteiger partial charge in [0.1, 0.15) is 12.1 Å². The number of thioether (sulfide) groups is 1. The summed E-state index contributed by atoms with van der Waals surface area (Å²) in [6, 6.07) is 0. The minimum absolute atomic E-state index is 0.184. The molecule has 0 amide bonds. The molecule has 4 heteroatoms. The number of hydrogen-bond donors (Lipinski definition) is 0. The van der Waals surface area contributed by atoms with Crippen LogP contribution in [0.2, 0.25) is 0 Å². The molecule has 0 radical (unpaired) electrons. The van der Waals surface area contributed by atoms with Gasteiger partial charge in [-0.25, -0.2) is 0 Å². The van der Waals surface area contributed by atoms with Gasteiger partial charge in [0.05, 0.1) is 5.55 Å². The number of aliphatic imine (C=N–C) groups is 1. The summed E-state index contributed by atoms with van der Waals surface area (Å²) < 4.78 is 4.86. The van der Waals surface area contributed by atoms with Crippen LogP contribution in [0.15, 0.2) is 4.99 Å². The van der Waals surface area contributed by atoms with E-state index in [0.29, 0.717) is 6.61 Å². The van der Waals surface area contributed by atoms with E-state index in [1.165, 1.54) is 6.92 Å². The number of esters is 1. The van der Waals surface area contributed by atoms with E-state index in [2.05, 4.69) is 4.99 Å². The fourth-order valence-corrected chi connectivity index (χ4v) is 1.68. The Kier molecular flexibility index (Phi) is 2.54. The third-order valence-corrected chi connectivity index (χ3v) is 2.46. The molecule has 0 N–H and O–H groups in total. The predicted molar refractivity (Wildman–Crippen MR) is 46.0 cm³/mol. The van der Waals surface area contributed by atoms with Crippen molar-refractivity contribution in [2.45, 2.75) is 19.4 Å². The van der Waals surface area contributed by atoms with E-state index < -0.39 is 0 Å². The zero-order valence-corrected chi connectivity index (χ0v) is 7.48. The van der Waals surface area contributed by atoms with Crippen molar-refractivity contribution in [2.24, 2.45) is 4.99 Å². The number of rotatable bonds is 2. The van der Waals surface area contributed by atoms with E-state index in [4.69, 9.17) is 4.74 Å². The summed E-state index contributed by atoms with van der Waals surface area (Å²) in [4.78, 5) is 14.7. The van der Waals surface area contributed by atoms with Crippen molar-refractivity contribution in [3.05, 3.63) is 0 Å². The predicted octanol–water partition coefficient (Wildman–Crippen LogP) is 1.08. The lowest BCUT2D eigenvalue weighted by Crippen LogP contribution is -2.29. The molecule has 0 aliphatic carbocycles. The van der Waals surface area contributed by atoms with Crippen LogP contribution in [-0.4, -0.2) is 29.4 Å². The van der Waals surface area contributed by atoms with Gasteiger partial charge < -0.3 is 4.74 Å². The molecular weight excluding hydrogens is 162 g/mol. The van der Waals surface area contributed by atoms with Crippen LogP contribution in [-0.2, 0) is 9.53 Å². The second-order valence-electron chi connectivity index (χ2n) is 2.82. The highest BCUT2D eigenvalue weighted by molar-refractivity contribution is 8.12. The van der Waals surface area contributed by atoms with Gasteiger partial charge in [-0.1, -0.05) is 0 Å². The molecule has 0 aromatic carbocycles. The van der Waals surface area contributed by atoms with Gasteiger partial charge in [-0.2, -0.15) is 0 Å². The molecule has 0 aromatic heterocycles. The van der Waals surface area contributed by atoms with Crippen LogP contribution in [0, 0.1) is 0 Å². The Labute approximate surface area is 70.2 Å². The average molecular weight is 173 g/mol. The third-order valence-electron chi connectivity index (χ3n) is 1.42. The van der Waals surface area contributed by atoms with Crippen molar-refractivity contribution in [1.82, 2.24) is 0 Å². The molecule has 0 spiro atoms. The van der Waals surface area contributed by atoms with Gasteiger partial charge in [-0.15, -0.1) is 11.8 Å². The van der Waals surface area contributed by atoms with Gasteiger partial charge >= 0.3 is 5.97 Å². The lowest BCUT2D eigenvalue weighted by atomic mass is 10.1. The molecule has 0 bridgehead atoms. The van der Waals surface area contributed by atoms with Gasteiger partial charge in [-0.05, 0) is 6.92 Å². The second kappa shape index (κ2) is 3.26. The largest absolute Gasteiger partial charge is 0.463 e. The highest BCUT2D eigenvalue weighted by atomic mass is 32.2. The fraction of sp³-hybridized carbons (Fsp3) is 0.714. The Hall–Kier alpha value is -0.510. The fourth-order valence-electron chi connectivity index (χ4n) is 0.755. The van der Waals surface area contributed by atoms with Crippen molar-refractivity contribution in [1.29, 1.82) is 0 Å². The first-order chi connectivity index (χ1) is 5.12. The van der Waals surface area contributed by atoms with Crippen LogP contribution in [0.4, 0.5) is 0 Å². The summed E-state index contributed by atoms with van der Waals surface area (Å²) in [5.41, 5.74) is 1.62. The normalized spacial score (nSPS) is 28.9. The highest BCUT2D eigenvalue weighted by Crippen LogP contribution is 2.23. The summed E-state index contributed by atoms with van der Waals surface area (Å²) in [6.45, 7) is 3.79. The first-order valence-electron chi connectivity index (χ1n) is 3.41. The zero-order chi connectivity index (χ0) is 8.32. The molecule has 0 saturated carbocycles. The standard InChI is InChI=1S/C7H11NO2S/c1-6(9)10-3-7(2)4-11-5-8-7/h5H,3-4H2,1-2H3. The second-order valence-corrected chi connectivity index (χ2v) is 3.66. The molecule has 1 atom stereocenters. The Balaban J connectivity index is 2.35. The summed E-state index contributed by atoms with van der Waals surface area (Å²) in [6.07, 6.45) is 0. The molecular formula is C7H11NO2S. The summed E-state index contributed by atoms with van der Waals surface area (Å²) in [5.74, 6) is 0.665. The zero-order valence-electron chi connectivity index (χ0n) is 6.66. The molecule has 0 saturated heterocycles. The van der Waals surface area contributed by atoms with E-state index >= 15 is 0 Å². The number of ether oxygens (including phenoxy) is 1. The minimum atomic E-state index is -0.238. The smallest absolute Gasteiger partial charge is 0.302 e. The maximum atomic E-state index is 10.5. The minimum Gasteiger partial charge on any atom is -0.463 e. The third kappa shape index (κ3) is 2.54. The van der Waals surface area contributed by atoms with Crippen LogP contribution < -0.4 is 0 Å². The lowest BCUT2D eigenvalue weighted by molar-refractivity contribution is -0.142. The first kappa shape index (κ1) is 8.59. The van der Waals surface area contributed by atoms with Gasteiger partial charge in [0.15, 0.2) is 0 Å². The summed E-state index contributed by atoms with van der Waals surface area (Å²) in [7, 11) is 0. The van der Waals surface area contributed by atoms with Crippen LogP contribution in [0.25, 0.3) is 0 Å². The van der Waals surface area contributed by atoms with Crippen LogP contribution in [0.5, 0.6) is 0 Å². The van der Waals surface area contributed by atoms with Gasteiger partial charge in [0.25, 0.3) is 0 Å². The van der Waals surface area contributed by atoms with Crippen molar-refractivity contribution >= 4 is 23.3 Å². The van der Waals surface area contributed by atoms with Crippen molar-refractivity contribution < 1.29 is 9.53 Å². The quantitative estimate of drug-likeness (QED) is 0.586. The van der Waals surface area contributed by atoms with E-state index in [9.17, 15) is 4.79 Å². The lowest BCUT2D eigenvalue weighted by Gasteiger charge is -2.18. The number of nitrogens with zero attached hydrogens (tertiary/aromatic N) is 1. The Bertz CT molecular complexity index is 193. The van der Waals surface area contributed by atoms with Crippen LogP contribution in [0.1, 0.15) is 13.8 Å². The molecule has 0 fully saturated rings. The Morgan fingerprint density at radius 1 is 1.91 bits per heavy atom. The summed E-state index contributed by atoms with van der Waals surface area (Å²) in [5, 5.41) is 0. The maximum Gasteiger partial charge on any atom is 0.302 e. The molecule has 62 valence electrons. The molecule has 1 heterocycles. The molecule has 0 aromatic rings. The highest BCUT2D eigenvalue weighted by Gasteiger charge is 2.27. The van der Waals surface area contributed by atoms with Gasteiger partial charge in [-0.3, -0.25) is 9.79 Å². The van der Waals surface area contributed by atoms with Gasteiger partial charge in [0.2, 0.25) is 0 Å². The monoisotopic (exact) mass is 173 g/mol. The van der Waals surface area contributed by atoms with E-state index in [1.807, 2.05) is 12.5 Å². The number of carbonyl (C=O) groups is 1. The van der Waals surface area contributed by atoms with E-state index in [1.54, 1.807) is 11.8 Å². The SMILES string of the molecule is CC(=O)OCC1(C)CSC=N1. The van der Waals surface area contributed by atoms with Crippen molar-refractivity contribution in [3.63, 3.8) is 0 Å². The Morgan fingerprint density at radius 3 is 3.09 bits per heavy atom. The van der Waals surface area contributed by atoms with E-state index in [-0.39, 0.29) is 11.5 Å². The summed E-state index contributed by atoms with van der Waals surface area (Å²) >= 11 is 1.65. The first-order valence-corrected chi connectivity index (χ1v) is 4.46. The van der Waals surface area contributed by atoms with Crippen molar-refractivity contribution in [3.8, 4) is 0 Å². The van der Waals surface area contributed by atoms with E-state index in [0.717, 1.165) is 5.75 Å². The average Bonchev–Trinajstić information content (AvgIpc) is 2.33. The van der Waals surface area contributed by atoms with Crippen LogP contribution >= 0.6 is 11.8 Å². The van der Waals surface area contributed by atoms with Crippen molar-refractivity contribution in [2.75, 3.05) is 12.4 Å². The molecule has 3 nitrogen and oxygen atoms in total.